The monoisotopic (exact) mass is 291 g/mol. The van der Waals surface area contributed by atoms with E-state index in [0.29, 0.717) is 6.54 Å². The van der Waals surface area contributed by atoms with Crippen LogP contribution in [0.25, 0.3) is 22.4 Å². The number of hydrogen-bond donors (Lipinski definition) is 1. The van der Waals surface area contributed by atoms with Crippen molar-refractivity contribution in [1.82, 2.24) is 34.9 Å². The minimum absolute atomic E-state index is 0.655. The number of aromatic amines is 1. The molecular weight excluding hydrogens is 278 g/mol. The molecule has 22 heavy (non-hydrogen) atoms. The smallest absolute Gasteiger partial charge is 0.141 e. The first kappa shape index (κ1) is 12.6. The number of hydrogen-bond acceptors (Lipinski definition) is 5. The van der Waals surface area contributed by atoms with Gasteiger partial charge in [-0.2, -0.15) is 0 Å². The van der Waals surface area contributed by atoms with Crippen LogP contribution in [0.5, 0.6) is 0 Å². The molecule has 4 heterocycles. The van der Waals surface area contributed by atoms with E-state index in [0.717, 1.165) is 33.7 Å². The van der Waals surface area contributed by atoms with Crippen LogP contribution in [0, 0.1) is 6.92 Å². The van der Waals surface area contributed by atoms with Crippen molar-refractivity contribution in [2.24, 2.45) is 0 Å². The molecule has 0 radical (unpaired) electrons. The molecule has 0 saturated heterocycles. The maximum Gasteiger partial charge on any atom is 0.141 e. The minimum atomic E-state index is 0.655. The average molecular weight is 291 g/mol. The second-order valence-electron chi connectivity index (χ2n) is 5.00. The zero-order valence-electron chi connectivity index (χ0n) is 11.9. The molecule has 0 aliphatic heterocycles. The molecule has 0 amide bonds. The molecule has 0 atom stereocenters. The van der Waals surface area contributed by atoms with Crippen molar-refractivity contribution in [1.29, 1.82) is 0 Å². The molecule has 0 bridgehead atoms. The summed E-state index contributed by atoms with van der Waals surface area (Å²) in [5, 5.41) is 9.51. The van der Waals surface area contributed by atoms with Gasteiger partial charge in [-0.1, -0.05) is 5.21 Å². The Morgan fingerprint density at radius 1 is 1.09 bits per heavy atom. The lowest BCUT2D eigenvalue weighted by atomic mass is 10.2. The highest BCUT2D eigenvalue weighted by atomic mass is 15.4. The summed E-state index contributed by atoms with van der Waals surface area (Å²) in [5.41, 5.74) is 4.47. The van der Waals surface area contributed by atoms with Gasteiger partial charge in [-0.3, -0.25) is 4.98 Å². The molecule has 0 aliphatic carbocycles. The zero-order chi connectivity index (χ0) is 14.9. The Bertz CT molecular complexity index is 923. The molecule has 4 aromatic rings. The summed E-state index contributed by atoms with van der Waals surface area (Å²) in [6, 6.07) is 5.89. The predicted molar refractivity (Wildman–Crippen MR) is 81.0 cm³/mol. The molecule has 7 heteroatoms. The van der Waals surface area contributed by atoms with E-state index in [1.54, 1.807) is 12.4 Å². The number of H-pyrrole nitrogens is 1. The molecule has 4 aromatic heterocycles. The molecule has 0 aliphatic rings. The van der Waals surface area contributed by atoms with E-state index in [4.69, 9.17) is 0 Å². The highest BCUT2D eigenvalue weighted by molar-refractivity contribution is 5.89. The standard InChI is InChI=1S/C15H13N7/c1-10-13(14-12-4-7-17-15(12)19-9-18-14)20-21-22(10)8-11-2-5-16-6-3-11/h2-7,9H,8H2,1H3,(H,17,18,19). The van der Waals surface area contributed by atoms with E-state index >= 15 is 0 Å². The van der Waals surface area contributed by atoms with Crippen LogP contribution < -0.4 is 0 Å². The van der Waals surface area contributed by atoms with Gasteiger partial charge in [0.15, 0.2) is 0 Å². The maximum atomic E-state index is 4.37. The Labute approximate surface area is 126 Å². The molecular formula is C15H13N7. The third-order valence-corrected chi connectivity index (χ3v) is 3.64. The van der Waals surface area contributed by atoms with Crippen LogP contribution in [0.4, 0.5) is 0 Å². The molecule has 0 aromatic carbocycles. The SMILES string of the molecule is Cc1c(-c2ncnc3[nH]ccc23)nnn1Cc1ccncc1. The Hall–Kier alpha value is -3.09. The van der Waals surface area contributed by atoms with E-state index in [1.165, 1.54) is 6.33 Å². The van der Waals surface area contributed by atoms with Crippen molar-refractivity contribution in [2.45, 2.75) is 13.5 Å². The van der Waals surface area contributed by atoms with E-state index < -0.39 is 0 Å². The van der Waals surface area contributed by atoms with Crippen molar-refractivity contribution < 1.29 is 0 Å². The minimum Gasteiger partial charge on any atom is -0.346 e. The number of pyridine rings is 1. The first-order valence-electron chi connectivity index (χ1n) is 6.90. The summed E-state index contributed by atoms with van der Waals surface area (Å²) in [5.74, 6) is 0. The topological polar surface area (TPSA) is 85.2 Å². The van der Waals surface area contributed by atoms with Gasteiger partial charge in [-0.15, -0.1) is 5.10 Å². The summed E-state index contributed by atoms with van der Waals surface area (Å²) in [6.45, 7) is 2.65. The third kappa shape index (κ3) is 2.03. The molecule has 4 rings (SSSR count). The number of fused-ring (bicyclic) bond motifs is 1. The molecule has 0 unspecified atom stereocenters. The lowest BCUT2D eigenvalue weighted by Gasteiger charge is -2.04. The normalized spacial score (nSPS) is 11.1. The van der Waals surface area contributed by atoms with Crippen molar-refractivity contribution in [3.05, 3.63) is 54.4 Å². The van der Waals surface area contributed by atoms with Crippen LogP contribution >= 0.6 is 0 Å². The second kappa shape index (κ2) is 5.03. The summed E-state index contributed by atoms with van der Waals surface area (Å²) in [4.78, 5) is 15.7. The van der Waals surface area contributed by atoms with Crippen LogP contribution in [0.2, 0.25) is 0 Å². The van der Waals surface area contributed by atoms with Crippen LogP contribution in [0.15, 0.2) is 43.1 Å². The van der Waals surface area contributed by atoms with Gasteiger partial charge in [0.05, 0.1) is 12.2 Å². The van der Waals surface area contributed by atoms with Crippen molar-refractivity contribution in [3.8, 4) is 11.4 Å². The fourth-order valence-corrected chi connectivity index (χ4v) is 2.45. The average Bonchev–Trinajstić information content (AvgIpc) is 3.16. The quantitative estimate of drug-likeness (QED) is 0.623. The lowest BCUT2D eigenvalue weighted by Crippen LogP contribution is -2.04. The number of nitrogens with zero attached hydrogens (tertiary/aromatic N) is 6. The maximum absolute atomic E-state index is 4.37. The van der Waals surface area contributed by atoms with Crippen molar-refractivity contribution in [2.75, 3.05) is 0 Å². The molecule has 0 spiro atoms. The van der Waals surface area contributed by atoms with Gasteiger partial charge in [-0.25, -0.2) is 14.6 Å². The summed E-state index contributed by atoms with van der Waals surface area (Å²) < 4.78 is 1.87. The van der Waals surface area contributed by atoms with Crippen LogP contribution in [0.3, 0.4) is 0 Å². The Balaban J connectivity index is 1.77. The van der Waals surface area contributed by atoms with Crippen LogP contribution in [0.1, 0.15) is 11.3 Å². The summed E-state index contributed by atoms with van der Waals surface area (Å²) >= 11 is 0. The highest BCUT2D eigenvalue weighted by Gasteiger charge is 2.15. The van der Waals surface area contributed by atoms with Gasteiger partial charge in [0.1, 0.15) is 23.4 Å². The van der Waals surface area contributed by atoms with Gasteiger partial charge in [0, 0.05) is 24.0 Å². The van der Waals surface area contributed by atoms with Crippen molar-refractivity contribution in [3.63, 3.8) is 0 Å². The van der Waals surface area contributed by atoms with Crippen LogP contribution in [-0.2, 0) is 6.54 Å². The Morgan fingerprint density at radius 3 is 2.82 bits per heavy atom. The van der Waals surface area contributed by atoms with E-state index in [2.05, 4.69) is 30.2 Å². The Morgan fingerprint density at radius 2 is 1.95 bits per heavy atom. The molecule has 7 nitrogen and oxygen atoms in total. The van der Waals surface area contributed by atoms with Crippen LogP contribution in [-0.4, -0.2) is 34.9 Å². The predicted octanol–water partition coefficient (Wildman–Crippen LogP) is 1.97. The second-order valence-corrected chi connectivity index (χ2v) is 5.00. The lowest BCUT2D eigenvalue weighted by molar-refractivity contribution is 0.633. The third-order valence-electron chi connectivity index (χ3n) is 3.64. The number of rotatable bonds is 3. The van der Waals surface area contributed by atoms with Gasteiger partial charge >= 0.3 is 0 Å². The zero-order valence-corrected chi connectivity index (χ0v) is 11.9. The first-order valence-corrected chi connectivity index (χ1v) is 6.90. The van der Waals surface area contributed by atoms with Crippen molar-refractivity contribution >= 4 is 11.0 Å². The van der Waals surface area contributed by atoms with E-state index in [9.17, 15) is 0 Å². The number of nitrogens with one attached hydrogen (secondary N) is 1. The number of aromatic nitrogens is 7. The van der Waals surface area contributed by atoms with E-state index in [1.807, 2.05) is 36.0 Å². The Kier molecular flexibility index (Phi) is 2.89. The fraction of sp³-hybridized carbons (Fsp3) is 0.133. The van der Waals surface area contributed by atoms with Gasteiger partial charge < -0.3 is 4.98 Å². The highest BCUT2D eigenvalue weighted by Crippen LogP contribution is 2.25. The largest absolute Gasteiger partial charge is 0.346 e. The van der Waals surface area contributed by atoms with Gasteiger partial charge in [-0.05, 0) is 30.7 Å². The molecule has 0 saturated carbocycles. The summed E-state index contributed by atoms with van der Waals surface area (Å²) in [7, 11) is 0. The first-order chi connectivity index (χ1) is 10.8. The van der Waals surface area contributed by atoms with E-state index in [-0.39, 0.29) is 0 Å². The summed E-state index contributed by atoms with van der Waals surface area (Å²) in [6.07, 6.45) is 6.93. The fourth-order valence-electron chi connectivity index (χ4n) is 2.45. The molecule has 0 fully saturated rings. The molecule has 108 valence electrons. The van der Waals surface area contributed by atoms with Gasteiger partial charge in [0.25, 0.3) is 0 Å². The molecule has 1 N–H and O–H groups in total. The van der Waals surface area contributed by atoms with Gasteiger partial charge in [0.2, 0.25) is 0 Å².